The van der Waals surface area contributed by atoms with E-state index in [1.54, 1.807) is 13.0 Å². The van der Waals surface area contributed by atoms with Crippen LogP contribution in [0, 0.1) is 12.3 Å². The minimum Gasteiger partial charge on any atom is -0.507 e. The van der Waals surface area contributed by atoms with Crippen molar-refractivity contribution in [2.75, 3.05) is 0 Å². The summed E-state index contributed by atoms with van der Waals surface area (Å²) >= 11 is 0. The number of nitrogens with zero attached hydrogens (tertiary/aromatic N) is 2. The Kier molecular flexibility index (Phi) is 4.16. The molecule has 1 amide bonds. The summed E-state index contributed by atoms with van der Waals surface area (Å²) in [5.41, 5.74) is -4.33. The second-order valence-corrected chi connectivity index (χ2v) is 6.88. The van der Waals surface area contributed by atoms with Gasteiger partial charge in [0.25, 0.3) is 5.91 Å². The highest BCUT2D eigenvalue weighted by Gasteiger charge is 2.57. The highest BCUT2D eigenvalue weighted by molar-refractivity contribution is 6.01. The number of halogens is 3. The van der Waals surface area contributed by atoms with E-state index in [1.165, 1.54) is 32.9 Å². The van der Waals surface area contributed by atoms with Crippen molar-refractivity contribution in [1.82, 2.24) is 5.01 Å². The maximum absolute atomic E-state index is 13.0. The Balaban J connectivity index is 2.56. The summed E-state index contributed by atoms with van der Waals surface area (Å²) < 4.78 is 39.1. The van der Waals surface area contributed by atoms with Gasteiger partial charge in [0.1, 0.15) is 11.5 Å². The van der Waals surface area contributed by atoms with Crippen molar-refractivity contribution in [1.29, 1.82) is 0 Å². The van der Waals surface area contributed by atoms with Gasteiger partial charge in [0.2, 0.25) is 0 Å². The Bertz CT molecular complexity index is 707. The fraction of sp³-hybridized carbons (Fsp3) is 0.500. The second kappa shape index (κ2) is 5.47. The fourth-order valence-electron chi connectivity index (χ4n) is 2.45. The summed E-state index contributed by atoms with van der Waals surface area (Å²) in [6.07, 6.45) is -5.60. The molecule has 2 rings (SSSR count). The summed E-state index contributed by atoms with van der Waals surface area (Å²) in [6.45, 7) is 6.09. The van der Waals surface area contributed by atoms with Crippen LogP contribution < -0.4 is 0 Å². The first kappa shape index (κ1) is 18.3. The molecule has 0 aromatic heterocycles. The zero-order chi connectivity index (χ0) is 18.5. The molecule has 5 nitrogen and oxygen atoms in total. The molecule has 1 aliphatic heterocycles. The number of benzene rings is 1. The van der Waals surface area contributed by atoms with Gasteiger partial charge in [0.05, 0.1) is 5.56 Å². The summed E-state index contributed by atoms with van der Waals surface area (Å²) in [5.74, 6) is -1.35. The number of aryl methyl sites for hydroxylation is 1. The predicted molar refractivity (Wildman–Crippen MR) is 81.5 cm³/mol. The molecule has 1 aromatic rings. The van der Waals surface area contributed by atoms with Crippen LogP contribution >= 0.6 is 0 Å². The summed E-state index contributed by atoms with van der Waals surface area (Å²) in [4.78, 5) is 12.7. The van der Waals surface area contributed by atoms with E-state index in [-0.39, 0.29) is 11.3 Å². The SMILES string of the molecule is Cc1cccc(C(=O)N2N=C(C(F)(F)F)CC2(O)C(C)(C)C)c1O. The maximum Gasteiger partial charge on any atom is 0.431 e. The molecule has 0 radical (unpaired) electrons. The fourth-order valence-corrected chi connectivity index (χ4v) is 2.45. The van der Waals surface area contributed by atoms with Gasteiger partial charge in [-0.05, 0) is 18.6 Å². The summed E-state index contributed by atoms with van der Waals surface area (Å²) in [7, 11) is 0. The number of aliphatic hydroxyl groups is 1. The van der Waals surface area contributed by atoms with Crippen molar-refractivity contribution in [3.8, 4) is 5.75 Å². The molecule has 1 unspecified atom stereocenters. The van der Waals surface area contributed by atoms with E-state index in [2.05, 4.69) is 5.10 Å². The van der Waals surface area contributed by atoms with Crippen molar-refractivity contribution >= 4 is 11.6 Å². The monoisotopic (exact) mass is 344 g/mol. The lowest BCUT2D eigenvalue weighted by atomic mass is 9.79. The van der Waals surface area contributed by atoms with Crippen molar-refractivity contribution < 1.29 is 28.2 Å². The molecule has 2 N–H and O–H groups in total. The zero-order valence-corrected chi connectivity index (χ0v) is 13.8. The number of phenolic OH excluding ortho intramolecular Hbond substituents is 1. The molecule has 8 heteroatoms. The highest BCUT2D eigenvalue weighted by atomic mass is 19.4. The van der Waals surface area contributed by atoms with Crippen LogP contribution in [0.1, 0.15) is 43.1 Å². The van der Waals surface area contributed by atoms with Gasteiger partial charge in [-0.2, -0.15) is 23.3 Å². The van der Waals surface area contributed by atoms with Crippen LogP contribution in [0.25, 0.3) is 0 Å². The molecule has 24 heavy (non-hydrogen) atoms. The molecule has 0 spiro atoms. The summed E-state index contributed by atoms with van der Waals surface area (Å²) in [5, 5.41) is 24.6. The lowest BCUT2D eigenvalue weighted by molar-refractivity contribution is -0.144. The average molecular weight is 344 g/mol. The Morgan fingerprint density at radius 1 is 1.29 bits per heavy atom. The molecule has 132 valence electrons. The first-order valence-electron chi connectivity index (χ1n) is 7.29. The molecule has 1 aliphatic rings. The quantitative estimate of drug-likeness (QED) is 0.822. The highest BCUT2D eigenvalue weighted by Crippen LogP contribution is 2.44. The maximum atomic E-state index is 13.0. The Morgan fingerprint density at radius 2 is 1.88 bits per heavy atom. The molecule has 0 saturated heterocycles. The van der Waals surface area contributed by atoms with E-state index in [4.69, 9.17) is 0 Å². The largest absolute Gasteiger partial charge is 0.507 e. The third-order valence-corrected chi connectivity index (χ3v) is 4.17. The number of aromatic hydroxyl groups is 1. The molecule has 0 saturated carbocycles. The van der Waals surface area contributed by atoms with Crippen molar-refractivity contribution in [3.05, 3.63) is 29.3 Å². The lowest BCUT2D eigenvalue weighted by Gasteiger charge is -2.41. The molecule has 1 atom stereocenters. The van der Waals surface area contributed by atoms with E-state index >= 15 is 0 Å². The van der Waals surface area contributed by atoms with E-state index in [0.717, 1.165) is 0 Å². The molecular formula is C16H19F3N2O3. The Morgan fingerprint density at radius 3 is 2.38 bits per heavy atom. The molecule has 0 fully saturated rings. The topological polar surface area (TPSA) is 73.1 Å². The molecule has 1 aromatic carbocycles. The third kappa shape index (κ3) is 2.86. The smallest absolute Gasteiger partial charge is 0.431 e. The molecular weight excluding hydrogens is 325 g/mol. The predicted octanol–water partition coefficient (Wildman–Crippen LogP) is 3.20. The minimum atomic E-state index is -4.76. The number of para-hydroxylation sites is 1. The van der Waals surface area contributed by atoms with Gasteiger partial charge in [-0.25, -0.2) is 0 Å². The first-order valence-corrected chi connectivity index (χ1v) is 7.29. The standard InChI is InChI=1S/C16H19F3N2O3/c1-9-6-5-7-10(12(9)22)13(23)21-15(24,14(2,3)4)8-11(20-21)16(17,18)19/h5-7,22,24H,8H2,1-4H3. The third-order valence-electron chi connectivity index (χ3n) is 4.17. The van der Waals surface area contributed by atoms with E-state index in [9.17, 15) is 28.2 Å². The van der Waals surface area contributed by atoms with Crippen LogP contribution in [0.5, 0.6) is 5.75 Å². The normalized spacial score (nSPS) is 21.8. The van der Waals surface area contributed by atoms with Crippen LogP contribution in [-0.4, -0.2) is 38.7 Å². The van der Waals surface area contributed by atoms with Gasteiger partial charge in [0.15, 0.2) is 5.72 Å². The van der Waals surface area contributed by atoms with Crippen LogP contribution in [0.15, 0.2) is 23.3 Å². The van der Waals surface area contributed by atoms with Crippen LogP contribution in [0.3, 0.4) is 0 Å². The van der Waals surface area contributed by atoms with Gasteiger partial charge in [-0.3, -0.25) is 4.79 Å². The van der Waals surface area contributed by atoms with Gasteiger partial charge < -0.3 is 10.2 Å². The van der Waals surface area contributed by atoms with Crippen molar-refractivity contribution in [2.24, 2.45) is 10.5 Å². The van der Waals surface area contributed by atoms with E-state index < -0.39 is 35.4 Å². The van der Waals surface area contributed by atoms with Crippen LogP contribution in [-0.2, 0) is 0 Å². The van der Waals surface area contributed by atoms with Crippen LogP contribution in [0.4, 0.5) is 13.2 Å². The first-order chi connectivity index (χ1) is 10.8. The average Bonchev–Trinajstić information content (AvgIpc) is 2.80. The second-order valence-electron chi connectivity index (χ2n) is 6.88. The number of hydrazone groups is 1. The Hall–Kier alpha value is -2.09. The number of carbonyl (C=O) groups excluding carboxylic acids is 1. The van der Waals surface area contributed by atoms with Crippen molar-refractivity contribution in [2.45, 2.75) is 46.0 Å². The molecule has 0 aliphatic carbocycles. The number of phenols is 1. The van der Waals surface area contributed by atoms with Gasteiger partial charge in [-0.15, -0.1) is 0 Å². The zero-order valence-electron chi connectivity index (χ0n) is 13.8. The minimum absolute atomic E-state index is 0.218. The van der Waals surface area contributed by atoms with Crippen LogP contribution in [0.2, 0.25) is 0 Å². The van der Waals surface area contributed by atoms with E-state index in [1.807, 2.05) is 0 Å². The van der Waals surface area contributed by atoms with Gasteiger partial charge >= 0.3 is 6.18 Å². The number of hydrogen-bond acceptors (Lipinski definition) is 4. The number of rotatable bonds is 1. The van der Waals surface area contributed by atoms with E-state index in [0.29, 0.717) is 10.6 Å². The Labute approximate surface area is 137 Å². The van der Waals surface area contributed by atoms with Gasteiger partial charge in [-0.1, -0.05) is 32.9 Å². The number of alkyl halides is 3. The molecule has 1 heterocycles. The number of hydrogen-bond donors (Lipinski definition) is 2. The number of carbonyl (C=O) groups is 1. The number of amides is 1. The molecule has 0 bridgehead atoms. The van der Waals surface area contributed by atoms with Crippen molar-refractivity contribution in [3.63, 3.8) is 0 Å². The summed E-state index contributed by atoms with van der Waals surface area (Å²) in [6, 6.07) is 4.31. The lowest BCUT2D eigenvalue weighted by Crippen LogP contribution is -2.55. The van der Waals surface area contributed by atoms with Gasteiger partial charge in [0, 0.05) is 11.8 Å².